The highest BCUT2D eigenvalue weighted by atomic mass is 35.5. The summed E-state index contributed by atoms with van der Waals surface area (Å²) in [7, 11) is 0. The number of aromatic nitrogens is 1. The van der Waals surface area contributed by atoms with E-state index in [0.717, 1.165) is 28.3 Å². The van der Waals surface area contributed by atoms with Gasteiger partial charge in [-0.2, -0.15) is 0 Å². The molecule has 8 nitrogen and oxygen atoms in total. The smallest absolute Gasteiger partial charge is 0.195 e. The lowest BCUT2D eigenvalue weighted by Crippen LogP contribution is -2.41. The second-order valence-corrected chi connectivity index (χ2v) is 8.61. The Kier molecular flexibility index (Phi) is 7.37. The Labute approximate surface area is 188 Å². The lowest BCUT2D eigenvalue weighted by Gasteiger charge is -2.22. The van der Waals surface area contributed by atoms with Crippen molar-refractivity contribution in [3.63, 3.8) is 0 Å². The zero-order valence-corrected chi connectivity index (χ0v) is 19.0. The van der Waals surface area contributed by atoms with Crippen LogP contribution in [-0.2, 0) is 4.84 Å². The molecule has 0 radical (unpaired) electrons. The number of pyridine rings is 1. The molecule has 31 heavy (non-hydrogen) atoms. The fraction of sp³-hybridized carbons (Fsp3) is 0.364. The topological polar surface area (TPSA) is 109 Å². The van der Waals surface area contributed by atoms with Crippen molar-refractivity contribution < 1.29 is 4.84 Å². The third-order valence-electron chi connectivity index (χ3n) is 4.45. The zero-order chi connectivity index (χ0) is 22.4. The summed E-state index contributed by atoms with van der Waals surface area (Å²) in [6.45, 7) is 9.27. The van der Waals surface area contributed by atoms with Crippen molar-refractivity contribution in [1.29, 1.82) is 0 Å². The fourth-order valence-corrected chi connectivity index (χ4v) is 3.07. The van der Waals surface area contributed by atoms with Gasteiger partial charge in [0, 0.05) is 29.4 Å². The van der Waals surface area contributed by atoms with Gasteiger partial charge in [-0.1, -0.05) is 23.7 Å². The quantitative estimate of drug-likeness (QED) is 0.314. The number of rotatable bonds is 8. The van der Waals surface area contributed by atoms with E-state index in [0.29, 0.717) is 24.1 Å². The third-order valence-corrected chi connectivity index (χ3v) is 4.86. The predicted molar refractivity (Wildman–Crippen MR) is 128 cm³/mol. The fourth-order valence-electron chi connectivity index (χ4n) is 2.90. The maximum atomic E-state index is 6.26. The highest BCUT2D eigenvalue weighted by Crippen LogP contribution is 2.25. The summed E-state index contributed by atoms with van der Waals surface area (Å²) in [6, 6.07) is 9.61. The number of hydrogen-bond acceptors (Lipinski definition) is 8. The van der Waals surface area contributed by atoms with Crippen LogP contribution < -0.4 is 27.2 Å². The minimum atomic E-state index is -0.275. The molecule has 0 bridgehead atoms. The van der Waals surface area contributed by atoms with Gasteiger partial charge in [-0.05, 0) is 57.5 Å². The van der Waals surface area contributed by atoms with Crippen LogP contribution >= 0.6 is 11.6 Å². The second-order valence-electron chi connectivity index (χ2n) is 8.21. The van der Waals surface area contributed by atoms with Gasteiger partial charge in [-0.3, -0.25) is 15.6 Å². The normalized spacial score (nSPS) is 16.2. The predicted octanol–water partition coefficient (Wildman–Crippen LogP) is 3.47. The van der Waals surface area contributed by atoms with Crippen molar-refractivity contribution in [1.82, 2.24) is 15.6 Å². The molecule has 0 spiro atoms. The van der Waals surface area contributed by atoms with E-state index < -0.39 is 0 Å². The zero-order valence-electron chi connectivity index (χ0n) is 18.3. The van der Waals surface area contributed by atoms with Crippen LogP contribution in [0.5, 0.6) is 0 Å². The molecule has 0 saturated heterocycles. The summed E-state index contributed by atoms with van der Waals surface area (Å²) in [5.74, 6) is 1.15. The lowest BCUT2D eigenvalue weighted by molar-refractivity contribution is 0.0374. The number of aliphatic imine (C=N–C) groups is 1. The van der Waals surface area contributed by atoms with Crippen molar-refractivity contribution >= 4 is 34.8 Å². The number of nitrogens with zero attached hydrogens (tertiary/aromatic N) is 2. The number of nitrogens with two attached hydrogens (primary N) is 1. The first-order valence-electron chi connectivity index (χ1n) is 10.2. The monoisotopic (exact) mass is 443 g/mol. The molecular weight excluding hydrogens is 414 g/mol. The van der Waals surface area contributed by atoms with Gasteiger partial charge in [0.2, 0.25) is 0 Å². The van der Waals surface area contributed by atoms with E-state index in [-0.39, 0.29) is 11.8 Å². The van der Waals surface area contributed by atoms with Gasteiger partial charge in [-0.25, -0.2) is 9.98 Å². The van der Waals surface area contributed by atoms with Crippen molar-refractivity contribution in [3.8, 4) is 0 Å². The summed E-state index contributed by atoms with van der Waals surface area (Å²) in [5.41, 5.74) is 12.3. The second kappa shape index (κ2) is 10.00. The molecule has 6 N–H and O–H groups in total. The minimum absolute atomic E-state index is 0.231. The van der Waals surface area contributed by atoms with Gasteiger partial charge in [0.25, 0.3) is 0 Å². The molecule has 0 fully saturated rings. The van der Waals surface area contributed by atoms with Crippen molar-refractivity contribution in [2.45, 2.75) is 39.5 Å². The molecule has 3 rings (SSSR count). The SMILES string of the molecule is Cc1c(Cl)cccc1C1=CC(NCCNc2ccc(NOC(C)(C)C)cn2)N=C(N)N1. The molecule has 1 aromatic carbocycles. The molecule has 0 aliphatic carbocycles. The van der Waals surface area contributed by atoms with E-state index in [1.54, 1.807) is 6.20 Å². The molecule has 1 unspecified atom stereocenters. The van der Waals surface area contributed by atoms with E-state index >= 15 is 0 Å². The Bertz CT molecular complexity index is 951. The summed E-state index contributed by atoms with van der Waals surface area (Å²) in [5, 5.41) is 10.5. The van der Waals surface area contributed by atoms with E-state index in [1.165, 1.54) is 0 Å². The van der Waals surface area contributed by atoms with E-state index in [4.69, 9.17) is 22.2 Å². The van der Waals surface area contributed by atoms with Crippen LogP contribution in [-0.4, -0.2) is 35.8 Å². The molecule has 2 aromatic rings. The van der Waals surface area contributed by atoms with Crippen LogP contribution in [0, 0.1) is 6.92 Å². The first-order valence-corrected chi connectivity index (χ1v) is 10.5. The van der Waals surface area contributed by atoms with Gasteiger partial charge in [0.05, 0.1) is 17.5 Å². The first-order chi connectivity index (χ1) is 14.7. The molecule has 166 valence electrons. The van der Waals surface area contributed by atoms with E-state index in [9.17, 15) is 0 Å². The average molecular weight is 444 g/mol. The highest BCUT2D eigenvalue weighted by molar-refractivity contribution is 6.31. The summed E-state index contributed by atoms with van der Waals surface area (Å²) in [6.07, 6.45) is 3.50. The highest BCUT2D eigenvalue weighted by Gasteiger charge is 2.16. The molecule has 9 heteroatoms. The Morgan fingerprint density at radius 2 is 2.00 bits per heavy atom. The Morgan fingerprint density at radius 1 is 1.19 bits per heavy atom. The third kappa shape index (κ3) is 6.85. The first kappa shape index (κ1) is 22.9. The van der Waals surface area contributed by atoms with Crippen LogP contribution in [0.15, 0.2) is 47.6 Å². The van der Waals surface area contributed by atoms with Crippen LogP contribution in [0.4, 0.5) is 11.5 Å². The van der Waals surface area contributed by atoms with Crippen LogP contribution in [0.3, 0.4) is 0 Å². The van der Waals surface area contributed by atoms with E-state index in [2.05, 4.69) is 31.4 Å². The average Bonchev–Trinajstić information content (AvgIpc) is 2.71. The van der Waals surface area contributed by atoms with E-state index in [1.807, 2.05) is 64.1 Å². The van der Waals surface area contributed by atoms with Crippen molar-refractivity contribution in [3.05, 3.63) is 58.8 Å². The van der Waals surface area contributed by atoms with Gasteiger partial charge in [0.1, 0.15) is 12.0 Å². The summed E-state index contributed by atoms with van der Waals surface area (Å²) >= 11 is 6.26. The number of anilines is 2. The molecule has 0 saturated carbocycles. The van der Waals surface area contributed by atoms with Crippen molar-refractivity contribution in [2.75, 3.05) is 23.9 Å². The number of hydrogen-bond donors (Lipinski definition) is 5. The lowest BCUT2D eigenvalue weighted by atomic mass is 10.0. The Balaban J connectivity index is 1.50. The molecule has 1 aromatic heterocycles. The number of nitrogens with one attached hydrogen (secondary N) is 4. The van der Waals surface area contributed by atoms with Crippen LogP contribution in [0.2, 0.25) is 5.02 Å². The number of benzene rings is 1. The maximum Gasteiger partial charge on any atom is 0.195 e. The molecule has 1 aliphatic rings. The summed E-state index contributed by atoms with van der Waals surface area (Å²) in [4.78, 5) is 14.3. The molecule has 2 heterocycles. The van der Waals surface area contributed by atoms with Gasteiger partial charge < -0.3 is 16.4 Å². The molecule has 1 atom stereocenters. The molecular formula is C22H30ClN7O. The number of halogens is 1. The van der Waals surface area contributed by atoms with Crippen molar-refractivity contribution in [2.24, 2.45) is 10.7 Å². The largest absolute Gasteiger partial charge is 0.370 e. The van der Waals surface area contributed by atoms with Crippen LogP contribution in [0.25, 0.3) is 5.70 Å². The Hall–Kier alpha value is -2.81. The number of guanidine groups is 1. The van der Waals surface area contributed by atoms with Crippen LogP contribution in [0.1, 0.15) is 31.9 Å². The molecule has 1 aliphatic heterocycles. The Morgan fingerprint density at radius 3 is 2.71 bits per heavy atom. The van der Waals surface area contributed by atoms with Gasteiger partial charge in [0.15, 0.2) is 5.96 Å². The van der Waals surface area contributed by atoms with Gasteiger partial charge in [-0.15, -0.1) is 0 Å². The minimum Gasteiger partial charge on any atom is -0.370 e. The van der Waals surface area contributed by atoms with Gasteiger partial charge >= 0.3 is 0 Å². The maximum absolute atomic E-state index is 6.26. The summed E-state index contributed by atoms with van der Waals surface area (Å²) < 4.78 is 0. The molecule has 0 amide bonds. The standard InChI is InChI=1S/C22H30ClN7O/c1-14-16(6-5-7-17(14)23)18-12-20(29-21(24)28-18)26-11-10-25-19-9-8-15(13-27-19)30-31-22(2,3)4/h5-9,12-13,20,26,30H,10-11H2,1-4H3,(H,25,27)(H3,24,28,29).